The number of sulfonamides is 1. The van der Waals surface area contributed by atoms with E-state index in [1.165, 1.54) is 12.1 Å². The number of nitrogens with zero attached hydrogens (tertiary/aromatic N) is 1. The molecule has 1 aromatic carbocycles. The Kier molecular flexibility index (Phi) is 5.02. The minimum atomic E-state index is -3.53. The average molecular weight is 298 g/mol. The fourth-order valence-electron chi connectivity index (χ4n) is 1.44. The number of hydrogen-bond acceptors (Lipinski definition) is 4. The van der Waals surface area contributed by atoms with Crippen LogP contribution in [0.2, 0.25) is 0 Å². The second-order valence-electron chi connectivity index (χ2n) is 4.88. The summed E-state index contributed by atoms with van der Waals surface area (Å²) >= 11 is 1.60. The molecule has 0 unspecified atom stereocenters. The first-order valence-electron chi connectivity index (χ1n) is 5.77. The highest BCUT2D eigenvalue weighted by atomic mass is 32.2. The monoisotopic (exact) mass is 298 g/mol. The summed E-state index contributed by atoms with van der Waals surface area (Å²) in [6.07, 6.45) is 1.95. The Morgan fingerprint density at radius 2 is 2.05 bits per heavy atom. The van der Waals surface area contributed by atoms with Crippen LogP contribution in [0.5, 0.6) is 0 Å². The van der Waals surface area contributed by atoms with Gasteiger partial charge in [0.1, 0.15) is 0 Å². The minimum absolute atomic E-state index is 0.159. The van der Waals surface area contributed by atoms with E-state index >= 15 is 0 Å². The molecule has 1 rings (SSSR count). The second-order valence-corrected chi connectivity index (χ2v) is 8.13. The van der Waals surface area contributed by atoms with Gasteiger partial charge in [0, 0.05) is 11.3 Å². The van der Waals surface area contributed by atoms with E-state index in [0.717, 1.165) is 0 Å². The highest BCUT2D eigenvalue weighted by Gasteiger charge is 2.22. The Labute approximate surface area is 119 Å². The number of rotatable bonds is 5. The molecule has 6 heteroatoms. The van der Waals surface area contributed by atoms with Crippen molar-refractivity contribution in [3.8, 4) is 6.07 Å². The summed E-state index contributed by atoms with van der Waals surface area (Å²) in [4.78, 5) is 0.225. The van der Waals surface area contributed by atoms with Gasteiger partial charge >= 0.3 is 0 Å². The number of nitriles is 1. The molecule has 0 aliphatic rings. The van der Waals surface area contributed by atoms with Crippen molar-refractivity contribution in [1.82, 2.24) is 4.72 Å². The molecule has 0 heterocycles. The lowest BCUT2D eigenvalue weighted by molar-refractivity contribution is 0.570. The molecule has 0 aliphatic carbocycles. The fourth-order valence-corrected chi connectivity index (χ4v) is 3.18. The van der Waals surface area contributed by atoms with Crippen LogP contribution < -0.4 is 4.72 Å². The third-order valence-electron chi connectivity index (χ3n) is 2.83. The molecular weight excluding hydrogens is 280 g/mol. The van der Waals surface area contributed by atoms with E-state index in [2.05, 4.69) is 4.72 Å². The van der Waals surface area contributed by atoms with Gasteiger partial charge in [0.25, 0.3) is 0 Å². The first-order chi connectivity index (χ1) is 8.72. The lowest BCUT2D eigenvalue weighted by Crippen LogP contribution is -2.36. The second kappa shape index (κ2) is 5.95. The summed E-state index contributed by atoms with van der Waals surface area (Å²) in [5, 5.41) is 8.78. The SMILES string of the molecule is CSC(C)(C)CNS(=O)(=O)c1ccc(C#N)cc1C. The summed E-state index contributed by atoms with van der Waals surface area (Å²) in [7, 11) is -3.53. The molecule has 0 radical (unpaired) electrons. The molecule has 0 spiro atoms. The summed E-state index contributed by atoms with van der Waals surface area (Å²) in [5.41, 5.74) is 1.04. The first-order valence-corrected chi connectivity index (χ1v) is 8.48. The van der Waals surface area contributed by atoms with Crippen molar-refractivity contribution in [2.24, 2.45) is 0 Å². The molecule has 0 fully saturated rings. The van der Waals surface area contributed by atoms with Crippen LogP contribution in [0.1, 0.15) is 25.0 Å². The third-order valence-corrected chi connectivity index (χ3v) is 5.65. The molecule has 0 atom stereocenters. The van der Waals surface area contributed by atoms with Crippen LogP contribution in [0.3, 0.4) is 0 Å². The van der Waals surface area contributed by atoms with Crippen molar-refractivity contribution in [2.45, 2.75) is 30.4 Å². The fraction of sp³-hybridized carbons (Fsp3) is 0.462. The van der Waals surface area contributed by atoms with Crippen molar-refractivity contribution in [3.05, 3.63) is 29.3 Å². The van der Waals surface area contributed by atoms with Gasteiger partial charge in [-0.05, 0) is 50.8 Å². The zero-order valence-corrected chi connectivity index (χ0v) is 13.2. The minimum Gasteiger partial charge on any atom is -0.210 e. The maximum atomic E-state index is 12.2. The Hall–Kier alpha value is -1.03. The molecule has 0 aromatic heterocycles. The zero-order valence-electron chi connectivity index (χ0n) is 11.5. The highest BCUT2D eigenvalue weighted by molar-refractivity contribution is 8.00. The van der Waals surface area contributed by atoms with Crippen LogP contribution in [0, 0.1) is 18.3 Å². The summed E-state index contributed by atoms with van der Waals surface area (Å²) in [5.74, 6) is 0. The van der Waals surface area contributed by atoms with Gasteiger partial charge in [0.15, 0.2) is 0 Å². The Morgan fingerprint density at radius 3 is 2.53 bits per heavy atom. The van der Waals surface area contributed by atoms with Crippen molar-refractivity contribution >= 4 is 21.8 Å². The van der Waals surface area contributed by atoms with E-state index in [1.54, 1.807) is 24.8 Å². The number of thioether (sulfide) groups is 1. The van der Waals surface area contributed by atoms with E-state index in [9.17, 15) is 8.42 Å². The summed E-state index contributed by atoms with van der Waals surface area (Å²) in [6, 6.07) is 6.56. The topological polar surface area (TPSA) is 70.0 Å². The first kappa shape index (κ1) is 16.0. The Morgan fingerprint density at radius 1 is 1.42 bits per heavy atom. The van der Waals surface area contributed by atoms with Gasteiger partial charge in [-0.25, -0.2) is 13.1 Å². The maximum absolute atomic E-state index is 12.2. The van der Waals surface area contributed by atoms with E-state index in [4.69, 9.17) is 5.26 Å². The van der Waals surface area contributed by atoms with Gasteiger partial charge in [-0.2, -0.15) is 17.0 Å². The van der Waals surface area contributed by atoms with Crippen molar-refractivity contribution < 1.29 is 8.42 Å². The van der Waals surface area contributed by atoms with E-state index in [1.807, 2.05) is 26.2 Å². The van der Waals surface area contributed by atoms with E-state index < -0.39 is 10.0 Å². The molecule has 0 amide bonds. The average Bonchev–Trinajstić information content (AvgIpc) is 2.36. The molecule has 4 nitrogen and oxygen atoms in total. The van der Waals surface area contributed by atoms with Gasteiger partial charge in [-0.3, -0.25) is 0 Å². The van der Waals surface area contributed by atoms with E-state index in [-0.39, 0.29) is 9.64 Å². The molecule has 19 heavy (non-hydrogen) atoms. The normalized spacial score (nSPS) is 12.2. The largest absolute Gasteiger partial charge is 0.240 e. The summed E-state index contributed by atoms with van der Waals surface area (Å²) < 4.78 is 26.9. The Bertz CT molecular complexity index is 602. The quantitative estimate of drug-likeness (QED) is 0.905. The molecule has 1 aromatic rings. The number of benzene rings is 1. The molecule has 0 saturated heterocycles. The predicted molar refractivity (Wildman–Crippen MR) is 78.7 cm³/mol. The van der Waals surface area contributed by atoms with Crippen molar-refractivity contribution in [1.29, 1.82) is 5.26 Å². The van der Waals surface area contributed by atoms with Crippen LogP contribution >= 0.6 is 11.8 Å². The lowest BCUT2D eigenvalue weighted by Gasteiger charge is -2.22. The highest BCUT2D eigenvalue weighted by Crippen LogP contribution is 2.22. The smallest absolute Gasteiger partial charge is 0.210 e. The molecule has 0 saturated carbocycles. The number of nitrogens with one attached hydrogen (secondary N) is 1. The molecule has 1 N–H and O–H groups in total. The van der Waals surface area contributed by atoms with Gasteiger partial charge in [0.05, 0.1) is 16.5 Å². The van der Waals surface area contributed by atoms with E-state index in [0.29, 0.717) is 17.7 Å². The zero-order chi connectivity index (χ0) is 14.7. The predicted octanol–water partition coefficient (Wildman–Crippen LogP) is 2.29. The van der Waals surface area contributed by atoms with Crippen LogP contribution in [0.4, 0.5) is 0 Å². The van der Waals surface area contributed by atoms with Crippen molar-refractivity contribution in [2.75, 3.05) is 12.8 Å². The number of aryl methyl sites for hydroxylation is 1. The van der Waals surface area contributed by atoms with Crippen LogP contribution in [0.15, 0.2) is 23.1 Å². The van der Waals surface area contributed by atoms with Gasteiger partial charge in [-0.1, -0.05) is 0 Å². The lowest BCUT2D eigenvalue weighted by atomic mass is 10.2. The maximum Gasteiger partial charge on any atom is 0.240 e. The number of hydrogen-bond donors (Lipinski definition) is 1. The van der Waals surface area contributed by atoms with Crippen LogP contribution in [-0.2, 0) is 10.0 Å². The van der Waals surface area contributed by atoms with Crippen LogP contribution in [-0.4, -0.2) is 26.0 Å². The molecule has 0 aliphatic heterocycles. The third kappa shape index (κ3) is 4.23. The molecule has 0 bridgehead atoms. The molecular formula is C13H18N2O2S2. The Balaban J connectivity index is 2.99. The standard InChI is InChI=1S/C13H18N2O2S2/c1-10-7-11(8-14)5-6-12(10)19(16,17)15-9-13(2,3)18-4/h5-7,15H,9H2,1-4H3. The molecule has 104 valence electrons. The van der Waals surface area contributed by atoms with Crippen molar-refractivity contribution in [3.63, 3.8) is 0 Å². The van der Waals surface area contributed by atoms with Gasteiger partial charge in [0.2, 0.25) is 10.0 Å². The van der Waals surface area contributed by atoms with Gasteiger partial charge < -0.3 is 0 Å². The summed E-state index contributed by atoms with van der Waals surface area (Å²) in [6.45, 7) is 6.00. The van der Waals surface area contributed by atoms with Gasteiger partial charge in [-0.15, -0.1) is 0 Å². The van der Waals surface area contributed by atoms with Crippen LogP contribution in [0.25, 0.3) is 0 Å².